The van der Waals surface area contributed by atoms with Gasteiger partial charge in [-0.15, -0.1) is 0 Å². The SMILES string of the molecule is CCCNC(C1=CCCO1)c1c(F)cccc1F. The molecule has 1 aliphatic rings. The maximum absolute atomic E-state index is 13.8. The minimum atomic E-state index is -0.542. The molecule has 98 valence electrons. The van der Waals surface area contributed by atoms with Gasteiger partial charge in [0.05, 0.1) is 12.6 Å². The lowest BCUT2D eigenvalue weighted by Gasteiger charge is -2.21. The first-order valence-electron chi connectivity index (χ1n) is 6.24. The van der Waals surface area contributed by atoms with E-state index >= 15 is 0 Å². The molecule has 0 spiro atoms. The van der Waals surface area contributed by atoms with Crippen molar-refractivity contribution in [3.05, 3.63) is 47.2 Å². The summed E-state index contributed by atoms with van der Waals surface area (Å²) in [7, 11) is 0. The highest BCUT2D eigenvalue weighted by molar-refractivity contribution is 5.29. The van der Waals surface area contributed by atoms with E-state index in [9.17, 15) is 8.78 Å². The molecule has 4 heteroatoms. The van der Waals surface area contributed by atoms with Crippen molar-refractivity contribution in [3.63, 3.8) is 0 Å². The summed E-state index contributed by atoms with van der Waals surface area (Å²) in [6, 6.07) is 3.38. The standard InChI is InChI=1S/C14H17F2NO/c1-2-8-17-14(12-7-4-9-18-12)13-10(15)5-3-6-11(13)16/h3,5-7,14,17H,2,4,8-9H2,1H3. The van der Waals surface area contributed by atoms with Crippen LogP contribution in [0.1, 0.15) is 31.4 Å². The number of rotatable bonds is 5. The Morgan fingerprint density at radius 3 is 2.61 bits per heavy atom. The van der Waals surface area contributed by atoms with Gasteiger partial charge in [0.25, 0.3) is 0 Å². The van der Waals surface area contributed by atoms with Crippen LogP contribution in [0.5, 0.6) is 0 Å². The molecule has 0 radical (unpaired) electrons. The third kappa shape index (κ3) is 2.70. The van der Waals surface area contributed by atoms with E-state index in [1.165, 1.54) is 18.2 Å². The molecular weight excluding hydrogens is 236 g/mol. The van der Waals surface area contributed by atoms with Crippen LogP contribution in [0.4, 0.5) is 8.78 Å². The predicted molar refractivity (Wildman–Crippen MR) is 66.0 cm³/mol. The second kappa shape index (κ2) is 5.96. The van der Waals surface area contributed by atoms with Crippen molar-refractivity contribution in [2.45, 2.75) is 25.8 Å². The molecule has 0 fully saturated rings. The molecule has 1 unspecified atom stereocenters. The molecule has 1 aromatic carbocycles. The van der Waals surface area contributed by atoms with Gasteiger partial charge in [-0.05, 0) is 31.2 Å². The molecule has 1 atom stereocenters. The number of benzene rings is 1. The maximum atomic E-state index is 13.8. The lowest BCUT2D eigenvalue weighted by Crippen LogP contribution is -2.26. The highest BCUT2D eigenvalue weighted by atomic mass is 19.1. The minimum Gasteiger partial charge on any atom is -0.496 e. The van der Waals surface area contributed by atoms with Crippen LogP contribution in [0, 0.1) is 11.6 Å². The zero-order valence-electron chi connectivity index (χ0n) is 10.4. The van der Waals surface area contributed by atoms with Crippen LogP contribution in [0.25, 0.3) is 0 Å². The third-order valence-electron chi connectivity index (χ3n) is 2.90. The van der Waals surface area contributed by atoms with E-state index in [1.807, 2.05) is 13.0 Å². The topological polar surface area (TPSA) is 21.3 Å². The summed E-state index contributed by atoms with van der Waals surface area (Å²) in [6.07, 6.45) is 3.56. The van der Waals surface area contributed by atoms with E-state index < -0.39 is 17.7 Å². The van der Waals surface area contributed by atoms with Crippen molar-refractivity contribution >= 4 is 0 Å². The molecule has 0 amide bonds. The van der Waals surface area contributed by atoms with Gasteiger partial charge in [0, 0.05) is 12.0 Å². The van der Waals surface area contributed by atoms with Crippen molar-refractivity contribution in [3.8, 4) is 0 Å². The molecule has 1 N–H and O–H groups in total. The maximum Gasteiger partial charge on any atom is 0.131 e. The number of nitrogens with one attached hydrogen (secondary N) is 1. The Morgan fingerprint density at radius 1 is 1.33 bits per heavy atom. The van der Waals surface area contributed by atoms with E-state index in [0.29, 0.717) is 18.9 Å². The molecule has 1 aliphatic heterocycles. The molecule has 2 nitrogen and oxygen atoms in total. The quantitative estimate of drug-likeness (QED) is 0.869. The molecule has 0 saturated carbocycles. The number of ether oxygens (including phenoxy) is 1. The number of hydrogen-bond acceptors (Lipinski definition) is 2. The first-order chi connectivity index (χ1) is 8.74. The largest absolute Gasteiger partial charge is 0.496 e. The zero-order valence-corrected chi connectivity index (χ0v) is 10.4. The van der Waals surface area contributed by atoms with Crippen LogP contribution in [0.15, 0.2) is 30.0 Å². The van der Waals surface area contributed by atoms with Gasteiger partial charge in [0.2, 0.25) is 0 Å². The van der Waals surface area contributed by atoms with Crippen molar-refractivity contribution < 1.29 is 13.5 Å². The first-order valence-corrected chi connectivity index (χ1v) is 6.24. The van der Waals surface area contributed by atoms with Crippen LogP contribution in [0.3, 0.4) is 0 Å². The first kappa shape index (κ1) is 13.0. The third-order valence-corrected chi connectivity index (χ3v) is 2.90. The molecule has 0 saturated heterocycles. The summed E-state index contributed by atoms with van der Waals surface area (Å²) in [5.41, 5.74) is 0.0408. The fraction of sp³-hybridized carbons (Fsp3) is 0.429. The van der Waals surface area contributed by atoms with Crippen molar-refractivity contribution in [1.82, 2.24) is 5.32 Å². The summed E-state index contributed by atoms with van der Waals surface area (Å²) in [5, 5.41) is 3.14. The summed E-state index contributed by atoms with van der Waals surface area (Å²) in [5.74, 6) is -0.465. The molecule has 0 bridgehead atoms. The number of hydrogen-bond donors (Lipinski definition) is 1. The van der Waals surface area contributed by atoms with Gasteiger partial charge >= 0.3 is 0 Å². The molecular formula is C14H17F2NO. The monoisotopic (exact) mass is 253 g/mol. The van der Waals surface area contributed by atoms with E-state index in [4.69, 9.17) is 4.74 Å². The van der Waals surface area contributed by atoms with Crippen LogP contribution in [-0.4, -0.2) is 13.2 Å². The summed E-state index contributed by atoms with van der Waals surface area (Å²) < 4.78 is 33.1. The van der Waals surface area contributed by atoms with Crippen LogP contribution >= 0.6 is 0 Å². The zero-order chi connectivity index (χ0) is 13.0. The van der Waals surface area contributed by atoms with Crippen LogP contribution < -0.4 is 5.32 Å². The predicted octanol–water partition coefficient (Wildman–Crippen LogP) is 3.31. The molecule has 0 aromatic heterocycles. The smallest absolute Gasteiger partial charge is 0.131 e. The Bertz CT molecular complexity index is 425. The van der Waals surface area contributed by atoms with Crippen LogP contribution in [-0.2, 0) is 4.74 Å². The minimum absolute atomic E-state index is 0.0408. The van der Waals surface area contributed by atoms with Crippen molar-refractivity contribution in [1.29, 1.82) is 0 Å². The summed E-state index contributed by atoms with van der Waals surface area (Å²) in [4.78, 5) is 0. The molecule has 2 rings (SSSR count). The van der Waals surface area contributed by atoms with Gasteiger partial charge in [0.1, 0.15) is 17.4 Å². The highest BCUT2D eigenvalue weighted by Crippen LogP contribution is 2.30. The Hall–Kier alpha value is -1.42. The molecule has 0 aliphatic carbocycles. The van der Waals surface area contributed by atoms with Gasteiger partial charge in [-0.2, -0.15) is 0 Å². The van der Waals surface area contributed by atoms with Gasteiger partial charge in [-0.1, -0.05) is 13.0 Å². The van der Waals surface area contributed by atoms with Gasteiger partial charge < -0.3 is 10.1 Å². The molecule has 1 heterocycles. The lowest BCUT2D eigenvalue weighted by atomic mass is 10.0. The second-order valence-corrected chi connectivity index (χ2v) is 4.27. The number of halogens is 2. The molecule has 1 aromatic rings. The van der Waals surface area contributed by atoms with Crippen LogP contribution in [0.2, 0.25) is 0 Å². The average molecular weight is 253 g/mol. The second-order valence-electron chi connectivity index (χ2n) is 4.27. The van der Waals surface area contributed by atoms with Crippen molar-refractivity contribution in [2.75, 3.05) is 13.2 Å². The normalized spacial score (nSPS) is 16.3. The van der Waals surface area contributed by atoms with E-state index in [1.54, 1.807) is 0 Å². The van der Waals surface area contributed by atoms with E-state index in [0.717, 1.165) is 12.8 Å². The van der Waals surface area contributed by atoms with E-state index in [2.05, 4.69) is 5.32 Å². The fourth-order valence-corrected chi connectivity index (χ4v) is 2.06. The van der Waals surface area contributed by atoms with Gasteiger partial charge in [-0.25, -0.2) is 8.78 Å². The summed E-state index contributed by atoms with van der Waals surface area (Å²) >= 11 is 0. The Kier molecular flexibility index (Phi) is 4.31. The Balaban J connectivity index is 2.33. The lowest BCUT2D eigenvalue weighted by molar-refractivity contribution is 0.212. The summed E-state index contributed by atoms with van der Waals surface area (Å²) in [6.45, 7) is 3.26. The average Bonchev–Trinajstić information content (AvgIpc) is 2.86. The van der Waals surface area contributed by atoms with Gasteiger partial charge in [-0.3, -0.25) is 0 Å². The van der Waals surface area contributed by atoms with Crippen molar-refractivity contribution in [2.24, 2.45) is 0 Å². The van der Waals surface area contributed by atoms with Gasteiger partial charge in [0.15, 0.2) is 0 Å². The Labute approximate surface area is 106 Å². The fourth-order valence-electron chi connectivity index (χ4n) is 2.06. The Morgan fingerprint density at radius 2 is 2.06 bits per heavy atom. The molecule has 18 heavy (non-hydrogen) atoms. The van der Waals surface area contributed by atoms with E-state index in [-0.39, 0.29) is 5.56 Å². The highest BCUT2D eigenvalue weighted by Gasteiger charge is 2.25.